The van der Waals surface area contributed by atoms with Gasteiger partial charge < -0.3 is 0 Å². The van der Waals surface area contributed by atoms with Crippen LogP contribution in [0.5, 0.6) is 0 Å². The normalized spacial score (nSPS) is 10.7. The average molecular weight is 305 g/mol. The molecule has 0 aliphatic rings. The van der Waals surface area contributed by atoms with E-state index < -0.39 is 13.4 Å². The predicted molar refractivity (Wildman–Crippen MR) is 64.9 cm³/mol. The number of fused-ring (bicyclic) bond motifs is 1. The van der Waals surface area contributed by atoms with E-state index in [1.807, 2.05) is 0 Å². The molecule has 2 rings (SSSR count). The summed E-state index contributed by atoms with van der Waals surface area (Å²) >= 11 is -5.25. The minimum Gasteiger partial charge on any atom is -0.106 e. The number of rotatable bonds is 0. The van der Waals surface area contributed by atoms with Crippen LogP contribution in [-0.2, 0) is 7.67 Å². The van der Waals surface area contributed by atoms with Gasteiger partial charge in [0.2, 0.25) is 0 Å². The summed E-state index contributed by atoms with van der Waals surface area (Å²) < 4.78 is 31.9. The Kier molecular flexibility index (Phi) is 4.54. The Balaban J connectivity index is 0.000000221. The van der Waals surface area contributed by atoms with Gasteiger partial charge in [0.1, 0.15) is 0 Å². The first-order valence-corrected chi connectivity index (χ1v) is 7.81. The molecule has 0 saturated carbocycles. The molecule has 0 amide bonds. The van der Waals surface area contributed by atoms with Gasteiger partial charge in [-0.25, -0.2) is 0 Å². The topological polar surface area (TPSA) is 74.6 Å². The predicted octanol–water partition coefficient (Wildman–Crippen LogP) is 0.608. The Morgan fingerprint density at radius 1 is 0.938 bits per heavy atom. The largest absolute Gasteiger partial charge is 0.106 e. The first-order chi connectivity index (χ1) is 7.36. The molecule has 0 spiro atoms. The molecule has 16 heavy (non-hydrogen) atoms. The molecule has 2 aromatic rings. The third kappa shape index (κ3) is 5.31. The van der Waals surface area contributed by atoms with Crippen LogP contribution in [0.15, 0.2) is 42.5 Å². The Bertz CT molecular complexity index is 572. The Hall–Kier alpha value is -0.831. The van der Waals surface area contributed by atoms with Crippen molar-refractivity contribution < 1.29 is 16.0 Å². The summed E-state index contributed by atoms with van der Waals surface area (Å²) in [6.07, 6.45) is 0. The molecule has 0 aliphatic heterocycles. The van der Waals surface area contributed by atoms with Gasteiger partial charge >= 0.3 is 29.4 Å². The summed E-state index contributed by atoms with van der Waals surface area (Å²) in [5.74, 6) is 0. The molecule has 0 bridgehead atoms. The van der Waals surface area contributed by atoms with Gasteiger partial charge in [0, 0.05) is 0 Å². The molecule has 4 nitrogen and oxygen atoms in total. The van der Waals surface area contributed by atoms with Gasteiger partial charge in [-0.3, -0.25) is 0 Å². The van der Waals surface area contributed by atoms with Crippen LogP contribution in [0, 0.1) is 0 Å². The number of hydrogen-bond donors (Lipinski definition) is 2. The maximum atomic E-state index is 8.82. The summed E-state index contributed by atoms with van der Waals surface area (Å²) in [4.78, 5) is 0. The minimum absolute atomic E-state index is 1.24. The standard InChI is InChI=1S/C10H9P.H2O4Se/c11-10-6-5-8-3-1-2-4-9(8)7-10;1-5(2,3)4/h1-7H,11H2;(H2,1,2,3,4). The van der Waals surface area contributed by atoms with E-state index in [-0.39, 0.29) is 0 Å². The van der Waals surface area contributed by atoms with Crippen molar-refractivity contribution >= 4 is 38.7 Å². The van der Waals surface area contributed by atoms with Crippen molar-refractivity contribution in [3.05, 3.63) is 42.5 Å². The van der Waals surface area contributed by atoms with Gasteiger partial charge in [-0.2, -0.15) is 0 Å². The third-order valence-electron chi connectivity index (χ3n) is 1.77. The number of benzene rings is 2. The molecule has 0 saturated heterocycles. The van der Waals surface area contributed by atoms with E-state index in [1.165, 1.54) is 16.1 Å². The van der Waals surface area contributed by atoms with E-state index in [2.05, 4.69) is 51.7 Å². The van der Waals surface area contributed by atoms with Crippen molar-refractivity contribution in [3.63, 3.8) is 0 Å². The van der Waals surface area contributed by atoms with Crippen LogP contribution in [0.1, 0.15) is 0 Å². The second-order valence-corrected chi connectivity index (χ2v) is 5.60. The molecule has 0 aliphatic carbocycles. The zero-order valence-corrected chi connectivity index (χ0v) is 11.1. The van der Waals surface area contributed by atoms with Crippen molar-refractivity contribution in [1.82, 2.24) is 0 Å². The summed E-state index contributed by atoms with van der Waals surface area (Å²) in [5.41, 5.74) is 0. The molecule has 0 fully saturated rings. The van der Waals surface area contributed by atoms with Gasteiger partial charge in [0.15, 0.2) is 0 Å². The van der Waals surface area contributed by atoms with Crippen LogP contribution >= 0.6 is 9.24 Å². The Morgan fingerprint density at radius 2 is 1.44 bits per heavy atom. The molecule has 2 aromatic carbocycles. The molecule has 1 atom stereocenters. The van der Waals surface area contributed by atoms with Crippen LogP contribution in [0.3, 0.4) is 0 Å². The third-order valence-corrected chi connectivity index (χ3v) is 2.13. The van der Waals surface area contributed by atoms with Gasteiger partial charge in [-0.05, 0) is 22.1 Å². The smallest absolute Gasteiger partial charge is 0.0178 e. The van der Waals surface area contributed by atoms with E-state index in [9.17, 15) is 0 Å². The summed E-state index contributed by atoms with van der Waals surface area (Å²) in [6, 6.07) is 14.8. The van der Waals surface area contributed by atoms with Crippen LogP contribution in [0.4, 0.5) is 0 Å². The maximum Gasteiger partial charge on any atom is -0.0178 e. The second-order valence-electron chi connectivity index (χ2n) is 3.05. The summed E-state index contributed by atoms with van der Waals surface area (Å²) in [6.45, 7) is 0. The van der Waals surface area contributed by atoms with E-state index in [1.54, 1.807) is 0 Å². The second kappa shape index (κ2) is 5.48. The van der Waals surface area contributed by atoms with Crippen molar-refractivity contribution in [1.29, 1.82) is 0 Å². The monoisotopic (exact) mass is 306 g/mol. The van der Waals surface area contributed by atoms with Crippen molar-refractivity contribution in [2.24, 2.45) is 0 Å². The van der Waals surface area contributed by atoms with Gasteiger partial charge in [-0.15, -0.1) is 9.24 Å². The van der Waals surface area contributed by atoms with E-state index in [0.29, 0.717) is 0 Å². The SMILES string of the molecule is O=[Se](=O)(O)O.Pc1ccc2ccccc2c1. The first-order valence-electron chi connectivity index (χ1n) is 4.30. The summed E-state index contributed by atoms with van der Waals surface area (Å²) in [7, 11) is 2.70. The van der Waals surface area contributed by atoms with Crippen LogP contribution in [0.25, 0.3) is 10.8 Å². The Morgan fingerprint density at radius 3 is 2.00 bits per heavy atom. The molecule has 0 heterocycles. The molecule has 86 valence electrons. The van der Waals surface area contributed by atoms with Gasteiger partial charge in [0.05, 0.1) is 0 Å². The van der Waals surface area contributed by atoms with Crippen molar-refractivity contribution in [2.45, 2.75) is 0 Å². The van der Waals surface area contributed by atoms with Crippen LogP contribution in [0.2, 0.25) is 0 Å². The minimum atomic E-state index is -5.25. The maximum absolute atomic E-state index is 8.82. The molecule has 2 N–H and O–H groups in total. The number of hydrogen-bond acceptors (Lipinski definition) is 2. The zero-order chi connectivity index (χ0) is 12.2. The quantitative estimate of drug-likeness (QED) is 0.552. The van der Waals surface area contributed by atoms with E-state index >= 15 is 0 Å². The average Bonchev–Trinajstić information content (AvgIpc) is 2.15. The molecular weight excluding hydrogens is 294 g/mol. The fourth-order valence-electron chi connectivity index (χ4n) is 1.21. The molecular formula is C10H11O4PSe. The zero-order valence-electron chi connectivity index (χ0n) is 8.24. The van der Waals surface area contributed by atoms with Crippen LogP contribution < -0.4 is 5.30 Å². The first kappa shape index (κ1) is 13.2. The van der Waals surface area contributed by atoms with Gasteiger partial charge in [0.25, 0.3) is 0 Å². The van der Waals surface area contributed by atoms with E-state index in [4.69, 9.17) is 16.0 Å². The molecule has 6 heteroatoms. The van der Waals surface area contributed by atoms with Crippen molar-refractivity contribution in [2.75, 3.05) is 0 Å². The fraction of sp³-hybridized carbons (Fsp3) is 0. The van der Waals surface area contributed by atoms with E-state index in [0.717, 1.165) is 0 Å². The van der Waals surface area contributed by atoms with Crippen molar-refractivity contribution in [3.8, 4) is 0 Å². The van der Waals surface area contributed by atoms with Gasteiger partial charge in [-0.1, -0.05) is 36.4 Å². The van der Waals surface area contributed by atoms with Crippen LogP contribution in [-0.4, -0.2) is 21.7 Å². The summed E-state index contributed by atoms with van der Waals surface area (Å²) in [5, 5.41) is 3.85. The molecule has 1 unspecified atom stereocenters. The molecule has 0 aromatic heterocycles. The fourth-order valence-corrected chi connectivity index (χ4v) is 1.48. The molecule has 0 radical (unpaired) electrons. The Labute approximate surface area is 97.4 Å².